The molecule has 0 spiro atoms. The van der Waals surface area contributed by atoms with Gasteiger partial charge in [0.15, 0.2) is 0 Å². The van der Waals surface area contributed by atoms with Crippen molar-refractivity contribution < 1.29 is 0 Å². The Hall–Kier alpha value is 0.180. The highest BCUT2D eigenvalue weighted by molar-refractivity contribution is 7.97. The van der Waals surface area contributed by atoms with E-state index in [2.05, 4.69) is 0 Å². The highest BCUT2D eigenvalue weighted by Crippen LogP contribution is 2.24. The Balaban J connectivity index is 2.54. The summed E-state index contributed by atoms with van der Waals surface area (Å²) in [5, 5.41) is 0.852. The number of nitrogens with zero attached hydrogens (tertiary/aromatic N) is 1. The zero-order valence-corrected chi connectivity index (χ0v) is 5.59. The molecule has 0 N–H and O–H groups in total. The second kappa shape index (κ2) is 1.97. The SMILES string of the molecule is CN1SCC=C1Cl. The molecular formula is C4H6ClNS. The first-order chi connectivity index (χ1) is 3.30. The Morgan fingerprint density at radius 2 is 2.71 bits per heavy atom. The van der Waals surface area contributed by atoms with Gasteiger partial charge in [0, 0.05) is 12.8 Å². The number of halogens is 1. The first-order valence-electron chi connectivity index (χ1n) is 2.03. The third kappa shape index (κ3) is 1.04. The lowest BCUT2D eigenvalue weighted by molar-refractivity contribution is 0.767. The van der Waals surface area contributed by atoms with E-state index in [0.717, 1.165) is 10.9 Å². The van der Waals surface area contributed by atoms with Gasteiger partial charge in [-0.1, -0.05) is 11.6 Å². The second-order valence-electron chi connectivity index (χ2n) is 1.32. The number of hydrogen-bond acceptors (Lipinski definition) is 2. The molecule has 1 aliphatic rings. The van der Waals surface area contributed by atoms with Gasteiger partial charge in [0.2, 0.25) is 0 Å². The fourth-order valence-corrected chi connectivity index (χ4v) is 1.38. The van der Waals surface area contributed by atoms with Crippen LogP contribution < -0.4 is 0 Å². The van der Waals surface area contributed by atoms with Crippen molar-refractivity contribution in [1.29, 1.82) is 0 Å². The van der Waals surface area contributed by atoms with E-state index in [1.54, 1.807) is 11.9 Å². The van der Waals surface area contributed by atoms with Crippen LogP contribution in [0, 0.1) is 0 Å². The van der Waals surface area contributed by atoms with Crippen LogP contribution in [0.3, 0.4) is 0 Å². The Kier molecular flexibility index (Phi) is 1.50. The molecule has 0 bridgehead atoms. The normalized spacial score (nSPS) is 20.3. The van der Waals surface area contributed by atoms with Crippen LogP contribution in [0.2, 0.25) is 0 Å². The highest BCUT2D eigenvalue weighted by atomic mass is 35.5. The van der Waals surface area contributed by atoms with E-state index >= 15 is 0 Å². The van der Waals surface area contributed by atoms with Crippen LogP contribution in [-0.2, 0) is 0 Å². The smallest absolute Gasteiger partial charge is 0.111 e. The summed E-state index contributed by atoms with van der Waals surface area (Å²) in [6.45, 7) is 0. The third-order valence-corrected chi connectivity index (χ3v) is 2.23. The summed E-state index contributed by atoms with van der Waals surface area (Å²) in [5.74, 6) is 1.02. The Bertz CT molecular complexity index is 102. The van der Waals surface area contributed by atoms with Crippen LogP contribution in [-0.4, -0.2) is 17.1 Å². The fourth-order valence-electron chi connectivity index (χ4n) is 0.408. The van der Waals surface area contributed by atoms with Crippen LogP contribution in [0.25, 0.3) is 0 Å². The van der Waals surface area contributed by atoms with Crippen molar-refractivity contribution in [1.82, 2.24) is 4.31 Å². The van der Waals surface area contributed by atoms with E-state index < -0.39 is 0 Å². The molecule has 0 saturated carbocycles. The lowest BCUT2D eigenvalue weighted by atomic mass is 10.7. The molecule has 40 valence electrons. The van der Waals surface area contributed by atoms with Gasteiger partial charge in [0.05, 0.1) is 0 Å². The topological polar surface area (TPSA) is 3.24 Å². The maximum atomic E-state index is 5.63. The van der Waals surface area contributed by atoms with Gasteiger partial charge in [-0.05, 0) is 18.0 Å². The van der Waals surface area contributed by atoms with Crippen LogP contribution in [0.4, 0.5) is 0 Å². The lowest BCUT2D eigenvalue weighted by Gasteiger charge is -2.06. The van der Waals surface area contributed by atoms with Gasteiger partial charge in [-0.3, -0.25) is 0 Å². The molecule has 1 heterocycles. The Labute approximate surface area is 52.5 Å². The molecule has 7 heavy (non-hydrogen) atoms. The molecular weight excluding hydrogens is 130 g/mol. The average molecular weight is 136 g/mol. The summed E-state index contributed by atoms with van der Waals surface area (Å²) in [6, 6.07) is 0. The monoisotopic (exact) mass is 135 g/mol. The maximum Gasteiger partial charge on any atom is 0.111 e. The third-order valence-electron chi connectivity index (χ3n) is 0.821. The summed E-state index contributed by atoms with van der Waals surface area (Å²) >= 11 is 7.34. The van der Waals surface area contributed by atoms with Crippen molar-refractivity contribution in [3.05, 3.63) is 11.2 Å². The summed E-state index contributed by atoms with van der Waals surface area (Å²) in [5.41, 5.74) is 0. The van der Waals surface area contributed by atoms with Gasteiger partial charge < -0.3 is 4.31 Å². The molecule has 0 amide bonds. The van der Waals surface area contributed by atoms with Crippen LogP contribution >= 0.6 is 23.5 Å². The molecule has 0 atom stereocenters. The van der Waals surface area contributed by atoms with Gasteiger partial charge in [-0.2, -0.15) is 0 Å². The van der Waals surface area contributed by atoms with Gasteiger partial charge in [0.25, 0.3) is 0 Å². The summed E-state index contributed by atoms with van der Waals surface area (Å²) in [4.78, 5) is 0. The van der Waals surface area contributed by atoms with Gasteiger partial charge in [-0.15, -0.1) is 0 Å². The summed E-state index contributed by atoms with van der Waals surface area (Å²) in [7, 11) is 1.95. The first kappa shape index (κ1) is 5.32. The zero-order chi connectivity index (χ0) is 5.28. The predicted molar refractivity (Wildman–Crippen MR) is 34.2 cm³/mol. The fraction of sp³-hybridized carbons (Fsp3) is 0.500. The molecule has 0 aromatic heterocycles. The first-order valence-corrected chi connectivity index (χ1v) is 3.35. The second-order valence-corrected chi connectivity index (χ2v) is 2.85. The Morgan fingerprint density at radius 1 is 2.00 bits per heavy atom. The minimum Gasteiger partial charge on any atom is -0.310 e. The molecule has 1 nitrogen and oxygen atoms in total. The largest absolute Gasteiger partial charge is 0.310 e. The predicted octanol–water partition coefficient (Wildman–Crippen LogP) is 1.66. The Morgan fingerprint density at radius 3 is 2.86 bits per heavy atom. The standard InChI is InChI=1S/C4H6ClNS/c1-6-4(5)2-3-7-6/h2H,3H2,1H3. The molecule has 0 unspecified atom stereocenters. The minimum absolute atomic E-state index is 0.852. The van der Waals surface area contributed by atoms with Crippen molar-refractivity contribution in [3.63, 3.8) is 0 Å². The molecule has 0 aliphatic carbocycles. The number of hydrogen-bond donors (Lipinski definition) is 0. The van der Waals surface area contributed by atoms with Gasteiger partial charge in [-0.25, -0.2) is 0 Å². The van der Waals surface area contributed by atoms with Gasteiger partial charge >= 0.3 is 0 Å². The molecule has 0 fully saturated rings. The van der Waals surface area contributed by atoms with Crippen molar-refractivity contribution in [2.24, 2.45) is 0 Å². The van der Waals surface area contributed by atoms with E-state index in [9.17, 15) is 0 Å². The van der Waals surface area contributed by atoms with E-state index in [-0.39, 0.29) is 0 Å². The van der Waals surface area contributed by atoms with Gasteiger partial charge in [0.1, 0.15) is 5.16 Å². The molecule has 3 heteroatoms. The molecule has 1 rings (SSSR count). The molecule has 0 aromatic carbocycles. The molecule has 0 radical (unpaired) electrons. The van der Waals surface area contributed by atoms with Crippen molar-refractivity contribution in [2.75, 3.05) is 12.8 Å². The van der Waals surface area contributed by atoms with Crippen LogP contribution in [0.1, 0.15) is 0 Å². The van der Waals surface area contributed by atoms with Crippen molar-refractivity contribution in [2.45, 2.75) is 0 Å². The van der Waals surface area contributed by atoms with Crippen LogP contribution in [0.15, 0.2) is 11.2 Å². The minimum atomic E-state index is 0.852. The highest BCUT2D eigenvalue weighted by Gasteiger charge is 2.06. The molecule has 0 saturated heterocycles. The van der Waals surface area contributed by atoms with E-state index in [1.165, 1.54) is 0 Å². The van der Waals surface area contributed by atoms with Crippen molar-refractivity contribution >= 4 is 23.5 Å². The molecule has 0 aromatic rings. The van der Waals surface area contributed by atoms with E-state index in [4.69, 9.17) is 11.6 Å². The number of rotatable bonds is 0. The maximum absolute atomic E-state index is 5.63. The van der Waals surface area contributed by atoms with E-state index in [0.29, 0.717) is 0 Å². The lowest BCUT2D eigenvalue weighted by Crippen LogP contribution is -1.96. The summed E-state index contributed by atoms with van der Waals surface area (Å²) < 4.78 is 1.95. The molecule has 1 aliphatic heterocycles. The van der Waals surface area contributed by atoms with Crippen molar-refractivity contribution in [3.8, 4) is 0 Å². The quantitative estimate of drug-likeness (QED) is 0.367. The zero-order valence-electron chi connectivity index (χ0n) is 4.02. The van der Waals surface area contributed by atoms with Crippen LogP contribution in [0.5, 0.6) is 0 Å². The average Bonchev–Trinajstić information content (AvgIpc) is 1.91. The van der Waals surface area contributed by atoms with E-state index in [1.807, 2.05) is 17.4 Å². The summed E-state index contributed by atoms with van der Waals surface area (Å²) in [6.07, 6.45) is 1.99.